The Morgan fingerprint density at radius 2 is 1.90 bits per heavy atom. The average Bonchev–Trinajstić information content (AvgIpc) is 2.69. The number of ether oxygens (including phenoxy) is 1. The molecule has 2 fully saturated rings. The molecule has 9 heteroatoms. The first kappa shape index (κ1) is 21.2. The molecule has 0 radical (unpaired) electrons. The van der Waals surface area contributed by atoms with E-state index in [1.807, 2.05) is 4.90 Å². The van der Waals surface area contributed by atoms with Crippen molar-refractivity contribution in [1.82, 2.24) is 9.97 Å². The van der Waals surface area contributed by atoms with Gasteiger partial charge in [0.05, 0.1) is 29.1 Å². The van der Waals surface area contributed by atoms with Gasteiger partial charge in [0.15, 0.2) is 5.69 Å². The summed E-state index contributed by atoms with van der Waals surface area (Å²) in [4.78, 5) is 9.60. The molecule has 4 rings (SSSR count). The van der Waals surface area contributed by atoms with Crippen LogP contribution in [0.5, 0.6) is 5.75 Å². The number of aromatic nitrogens is 2. The number of nitrogens with zero attached hydrogens (tertiary/aromatic N) is 3. The van der Waals surface area contributed by atoms with Crippen molar-refractivity contribution in [3.05, 3.63) is 47.0 Å². The van der Waals surface area contributed by atoms with Crippen molar-refractivity contribution in [3.8, 4) is 5.75 Å². The third kappa shape index (κ3) is 4.49. The predicted molar refractivity (Wildman–Crippen MR) is 107 cm³/mol. The van der Waals surface area contributed by atoms with Gasteiger partial charge >= 0.3 is 6.18 Å². The minimum absolute atomic E-state index is 0.00655. The Bertz CT molecular complexity index is 884. The summed E-state index contributed by atoms with van der Waals surface area (Å²) >= 11 is 5.80. The second-order valence-corrected chi connectivity index (χ2v) is 8.28. The largest absolute Gasteiger partial charge is 0.490 e. The number of halogens is 4. The fraction of sp³-hybridized carbons (Fsp3) is 0.524. The second-order valence-electron chi connectivity index (χ2n) is 7.88. The van der Waals surface area contributed by atoms with Gasteiger partial charge in [0.1, 0.15) is 5.75 Å². The molecule has 0 aromatic carbocycles. The second kappa shape index (κ2) is 8.59. The quantitative estimate of drug-likeness (QED) is 0.705. The standard InChI is InChI=1S/C21H23ClF3N3O2/c22-17-10-14(11-27-20(17)21(23,24)25)28-8-5-13(6-9-28)19(29)16-12-26-7-4-18(16)30-15-2-1-3-15/h4,7,10-13,15,19,29H,1-3,5-6,8-9H2. The molecule has 2 aromatic heterocycles. The molecule has 162 valence electrons. The van der Waals surface area contributed by atoms with Crippen LogP contribution in [0.3, 0.4) is 0 Å². The third-order valence-corrected chi connectivity index (χ3v) is 6.21. The fourth-order valence-electron chi connectivity index (χ4n) is 3.93. The fourth-order valence-corrected chi connectivity index (χ4v) is 4.20. The summed E-state index contributed by atoms with van der Waals surface area (Å²) in [5, 5.41) is 10.6. The van der Waals surface area contributed by atoms with Gasteiger partial charge in [-0.3, -0.25) is 4.98 Å². The molecule has 3 heterocycles. The normalized spacial score (nSPS) is 19.4. The molecule has 1 N–H and O–H groups in total. The van der Waals surface area contributed by atoms with Crippen molar-refractivity contribution in [2.45, 2.75) is 50.5 Å². The van der Waals surface area contributed by atoms with E-state index in [1.165, 1.54) is 12.3 Å². The van der Waals surface area contributed by atoms with Crippen molar-refractivity contribution in [1.29, 1.82) is 0 Å². The molecular weight excluding hydrogens is 419 g/mol. The summed E-state index contributed by atoms with van der Waals surface area (Å²) < 4.78 is 44.6. The minimum atomic E-state index is -4.57. The highest BCUT2D eigenvalue weighted by Gasteiger charge is 2.36. The van der Waals surface area contributed by atoms with Crippen LogP contribution in [0.25, 0.3) is 0 Å². The summed E-state index contributed by atoms with van der Waals surface area (Å²) in [6, 6.07) is 3.10. The number of hydrogen-bond acceptors (Lipinski definition) is 5. The van der Waals surface area contributed by atoms with Gasteiger partial charge in [-0.1, -0.05) is 11.6 Å². The lowest BCUT2D eigenvalue weighted by Crippen LogP contribution is -2.36. The Balaban J connectivity index is 1.41. The van der Waals surface area contributed by atoms with Crippen LogP contribution in [-0.2, 0) is 6.18 Å². The molecule has 0 spiro atoms. The van der Waals surface area contributed by atoms with Gasteiger partial charge in [0, 0.05) is 31.0 Å². The molecule has 1 saturated heterocycles. The maximum atomic E-state index is 12.9. The lowest BCUT2D eigenvalue weighted by atomic mass is 9.87. The van der Waals surface area contributed by atoms with Crippen LogP contribution in [-0.4, -0.2) is 34.3 Å². The van der Waals surface area contributed by atoms with Crippen LogP contribution >= 0.6 is 11.6 Å². The summed E-state index contributed by atoms with van der Waals surface area (Å²) in [6.45, 7) is 1.17. The highest BCUT2D eigenvalue weighted by atomic mass is 35.5. The summed E-state index contributed by atoms with van der Waals surface area (Å²) in [5.74, 6) is 0.690. The van der Waals surface area contributed by atoms with E-state index >= 15 is 0 Å². The lowest BCUT2D eigenvalue weighted by molar-refractivity contribution is -0.141. The van der Waals surface area contributed by atoms with E-state index < -0.39 is 23.0 Å². The number of hydrogen-bond donors (Lipinski definition) is 1. The molecule has 0 amide bonds. The molecule has 1 atom stereocenters. The minimum Gasteiger partial charge on any atom is -0.490 e. The first-order valence-electron chi connectivity index (χ1n) is 10.1. The molecule has 2 aliphatic rings. The topological polar surface area (TPSA) is 58.5 Å². The monoisotopic (exact) mass is 441 g/mol. The van der Waals surface area contributed by atoms with Gasteiger partial charge < -0.3 is 14.7 Å². The van der Waals surface area contributed by atoms with Crippen molar-refractivity contribution >= 4 is 17.3 Å². The smallest absolute Gasteiger partial charge is 0.434 e. The van der Waals surface area contributed by atoms with Crippen LogP contribution in [0.1, 0.15) is 49.5 Å². The SMILES string of the molecule is OC(c1cnccc1OC1CCC1)C1CCN(c2cnc(C(F)(F)F)c(Cl)c2)CC1. The predicted octanol–water partition coefficient (Wildman–Crippen LogP) is 5.03. The van der Waals surface area contributed by atoms with E-state index in [0.717, 1.165) is 19.3 Å². The molecule has 1 aliphatic heterocycles. The van der Waals surface area contributed by atoms with Crippen LogP contribution < -0.4 is 9.64 Å². The van der Waals surface area contributed by atoms with Crippen molar-refractivity contribution < 1.29 is 23.0 Å². The van der Waals surface area contributed by atoms with Crippen LogP contribution in [0, 0.1) is 5.92 Å². The maximum absolute atomic E-state index is 12.9. The van der Waals surface area contributed by atoms with Gasteiger partial charge in [-0.2, -0.15) is 13.2 Å². The van der Waals surface area contributed by atoms with E-state index in [1.54, 1.807) is 18.5 Å². The average molecular weight is 442 g/mol. The maximum Gasteiger partial charge on any atom is 0.434 e. The van der Waals surface area contributed by atoms with Crippen LogP contribution in [0.15, 0.2) is 30.7 Å². The van der Waals surface area contributed by atoms with Gasteiger partial charge in [-0.15, -0.1) is 0 Å². The number of anilines is 1. The Labute approximate surface area is 177 Å². The Morgan fingerprint density at radius 3 is 2.50 bits per heavy atom. The van der Waals surface area contributed by atoms with E-state index in [9.17, 15) is 18.3 Å². The third-order valence-electron chi connectivity index (χ3n) is 5.92. The summed E-state index contributed by atoms with van der Waals surface area (Å²) in [6.07, 6.45) is 4.03. The molecule has 2 aromatic rings. The Hall–Kier alpha value is -2.06. The first-order valence-corrected chi connectivity index (χ1v) is 10.5. The number of pyridine rings is 2. The Kier molecular flexibility index (Phi) is 6.06. The lowest BCUT2D eigenvalue weighted by Gasteiger charge is -2.36. The first-order chi connectivity index (χ1) is 14.3. The van der Waals surface area contributed by atoms with Crippen LogP contribution in [0.4, 0.5) is 18.9 Å². The van der Waals surface area contributed by atoms with Crippen molar-refractivity contribution in [2.24, 2.45) is 5.92 Å². The zero-order chi connectivity index (χ0) is 21.3. The molecule has 5 nitrogen and oxygen atoms in total. The number of aliphatic hydroxyl groups excluding tert-OH is 1. The Morgan fingerprint density at radius 1 is 1.17 bits per heavy atom. The number of rotatable bonds is 5. The highest BCUT2D eigenvalue weighted by Crippen LogP contribution is 2.39. The zero-order valence-electron chi connectivity index (χ0n) is 16.3. The van der Waals surface area contributed by atoms with Gasteiger partial charge in [-0.25, -0.2) is 4.98 Å². The molecule has 1 aliphatic carbocycles. The summed E-state index contributed by atoms with van der Waals surface area (Å²) in [7, 11) is 0. The molecule has 1 saturated carbocycles. The molecule has 0 bridgehead atoms. The number of alkyl halides is 3. The molecular formula is C21H23ClF3N3O2. The van der Waals surface area contributed by atoms with E-state index in [2.05, 4.69) is 9.97 Å². The number of aliphatic hydroxyl groups is 1. The van der Waals surface area contributed by atoms with E-state index in [4.69, 9.17) is 16.3 Å². The van der Waals surface area contributed by atoms with Crippen LogP contribution in [0.2, 0.25) is 5.02 Å². The number of piperidine rings is 1. The van der Waals surface area contributed by atoms with Crippen molar-refractivity contribution in [3.63, 3.8) is 0 Å². The molecule has 30 heavy (non-hydrogen) atoms. The van der Waals surface area contributed by atoms with Crippen molar-refractivity contribution in [2.75, 3.05) is 18.0 Å². The zero-order valence-corrected chi connectivity index (χ0v) is 17.0. The van der Waals surface area contributed by atoms with E-state index in [0.29, 0.717) is 42.9 Å². The van der Waals surface area contributed by atoms with Gasteiger partial charge in [0.2, 0.25) is 0 Å². The van der Waals surface area contributed by atoms with E-state index in [-0.39, 0.29) is 12.0 Å². The highest BCUT2D eigenvalue weighted by molar-refractivity contribution is 6.31. The van der Waals surface area contributed by atoms with Gasteiger partial charge in [0.25, 0.3) is 0 Å². The molecule has 1 unspecified atom stereocenters. The van der Waals surface area contributed by atoms with Gasteiger partial charge in [-0.05, 0) is 50.2 Å². The summed E-state index contributed by atoms with van der Waals surface area (Å²) in [5.41, 5.74) is 0.173.